The molecular weight excluding hydrogens is 402 g/mol. The van der Waals surface area contributed by atoms with Crippen LogP contribution in [0.25, 0.3) is 11.5 Å². The molecule has 3 aromatic rings. The van der Waals surface area contributed by atoms with Gasteiger partial charge in [-0.2, -0.15) is 4.98 Å². The summed E-state index contributed by atoms with van der Waals surface area (Å²) in [6.07, 6.45) is 6.27. The summed E-state index contributed by atoms with van der Waals surface area (Å²) < 4.78 is 7.34. The van der Waals surface area contributed by atoms with Crippen LogP contribution in [-0.4, -0.2) is 60.8 Å². The van der Waals surface area contributed by atoms with Crippen LogP contribution in [0.4, 0.5) is 4.79 Å². The molecule has 0 saturated carbocycles. The number of carboxylic acid groups (broad SMARTS) is 1. The highest BCUT2D eigenvalue weighted by atomic mass is 16.5. The van der Waals surface area contributed by atoms with Crippen LogP contribution in [0.15, 0.2) is 41.3 Å². The first kappa shape index (κ1) is 23.5. The predicted molar refractivity (Wildman–Crippen MR) is 112 cm³/mol. The second-order valence-electron chi connectivity index (χ2n) is 6.91. The number of imidazole rings is 1. The van der Waals surface area contributed by atoms with E-state index < -0.39 is 0 Å². The van der Waals surface area contributed by atoms with Crippen LogP contribution >= 0.6 is 0 Å². The molecule has 2 N–H and O–H groups in total. The van der Waals surface area contributed by atoms with Gasteiger partial charge in [0.25, 0.3) is 6.47 Å². The van der Waals surface area contributed by atoms with E-state index in [4.69, 9.17) is 14.4 Å². The lowest BCUT2D eigenvalue weighted by Crippen LogP contribution is -2.37. The number of aryl methyl sites for hydroxylation is 1. The van der Waals surface area contributed by atoms with Crippen LogP contribution in [0.3, 0.4) is 0 Å². The summed E-state index contributed by atoms with van der Waals surface area (Å²) in [5, 5.41) is 13.7. The Morgan fingerprint density at radius 2 is 2.10 bits per heavy atom. The van der Waals surface area contributed by atoms with Gasteiger partial charge >= 0.3 is 6.03 Å². The molecule has 11 nitrogen and oxygen atoms in total. The second kappa shape index (κ2) is 12.1. The second-order valence-corrected chi connectivity index (χ2v) is 6.91. The molecular formula is C20H27N7O4. The molecule has 0 atom stereocenters. The number of carbonyl (C=O) groups excluding carboxylic acids is 1. The van der Waals surface area contributed by atoms with Gasteiger partial charge < -0.3 is 24.4 Å². The molecule has 0 bridgehead atoms. The van der Waals surface area contributed by atoms with Crippen molar-refractivity contribution in [2.45, 2.75) is 39.3 Å². The molecule has 3 aromatic heterocycles. The molecule has 11 heteroatoms. The Hall–Kier alpha value is -3.76. The summed E-state index contributed by atoms with van der Waals surface area (Å²) in [6.45, 7) is 5.60. The third-order valence-electron chi connectivity index (χ3n) is 4.20. The lowest BCUT2D eigenvalue weighted by molar-refractivity contribution is -0.122. The Bertz CT molecular complexity index is 940. The average molecular weight is 429 g/mol. The van der Waals surface area contributed by atoms with Crippen molar-refractivity contribution >= 4 is 12.5 Å². The van der Waals surface area contributed by atoms with Gasteiger partial charge in [-0.25, -0.2) is 9.78 Å². The molecule has 3 heterocycles. The van der Waals surface area contributed by atoms with Gasteiger partial charge in [0.1, 0.15) is 18.1 Å². The molecule has 31 heavy (non-hydrogen) atoms. The van der Waals surface area contributed by atoms with E-state index in [1.54, 1.807) is 19.3 Å². The first-order valence-electron chi connectivity index (χ1n) is 9.78. The van der Waals surface area contributed by atoms with Crippen molar-refractivity contribution in [3.63, 3.8) is 0 Å². The maximum Gasteiger partial charge on any atom is 0.317 e. The number of hydrogen-bond acceptors (Lipinski definition) is 7. The minimum absolute atomic E-state index is 0.188. The molecule has 166 valence electrons. The molecule has 0 aliphatic carbocycles. The van der Waals surface area contributed by atoms with Crippen molar-refractivity contribution in [3.8, 4) is 11.5 Å². The zero-order chi connectivity index (χ0) is 22.6. The highest BCUT2D eigenvalue weighted by molar-refractivity contribution is 5.73. The molecule has 0 aromatic carbocycles. The molecule has 0 fully saturated rings. The van der Waals surface area contributed by atoms with Crippen LogP contribution in [0, 0.1) is 0 Å². The fraction of sp³-hybridized carbons (Fsp3) is 0.400. The third kappa shape index (κ3) is 7.21. The van der Waals surface area contributed by atoms with E-state index in [0.29, 0.717) is 29.9 Å². The summed E-state index contributed by atoms with van der Waals surface area (Å²) in [6, 6.07) is 5.29. The fourth-order valence-electron chi connectivity index (χ4n) is 2.78. The lowest BCUT2D eigenvalue weighted by Gasteiger charge is -2.16. The largest absolute Gasteiger partial charge is 0.483 e. The van der Waals surface area contributed by atoms with E-state index in [9.17, 15) is 4.79 Å². The molecule has 0 radical (unpaired) electrons. The van der Waals surface area contributed by atoms with E-state index in [0.717, 1.165) is 18.8 Å². The van der Waals surface area contributed by atoms with Crippen molar-refractivity contribution in [2.24, 2.45) is 0 Å². The van der Waals surface area contributed by atoms with Gasteiger partial charge in [0.2, 0.25) is 11.7 Å². The first-order valence-corrected chi connectivity index (χ1v) is 9.78. The highest BCUT2D eigenvalue weighted by Gasteiger charge is 2.15. The summed E-state index contributed by atoms with van der Waals surface area (Å²) in [5.74, 6) is 2.20. The van der Waals surface area contributed by atoms with Crippen LogP contribution in [0.1, 0.15) is 37.9 Å². The summed E-state index contributed by atoms with van der Waals surface area (Å²) in [5.41, 5.74) is 0.630. The Kier molecular flexibility index (Phi) is 9.14. The number of amides is 2. The molecule has 0 unspecified atom stereocenters. The van der Waals surface area contributed by atoms with Crippen molar-refractivity contribution < 1.29 is 19.2 Å². The van der Waals surface area contributed by atoms with Crippen molar-refractivity contribution in [2.75, 3.05) is 13.6 Å². The Morgan fingerprint density at radius 3 is 2.77 bits per heavy atom. The minimum atomic E-state index is -0.250. The van der Waals surface area contributed by atoms with Gasteiger partial charge in [0.05, 0.1) is 0 Å². The Balaban J connectivity index is 0.00000107. The van der Waals surface area contributed by atoms with Gasteiger partial charge in [-0.05, 0) is 18.6 Å². The Labute approximate surface area is 180 Å². The van der Waals surface area contributed by atoms with E-state index in [1.807, 2.05) is 24.5 Å². The van der Waals surface area contributed by atoms with E-state index in [1.165, 1.54) is 4.90 Å². The quantitative estimate of drug-likeness (QED) is 0.411. The summed E-state index contributed by atoms with van der Waals surface area (Å²) in [4.78, 5) is 35.0. The molecule has 0 aliphatic heterocycles. The monoisotopic (exact) mass is 429 g/mol. The maximum atomic E-state index is 12.3. The fourth-order valence-corrected chi connectivity index (χ4v) is 2.78. The predicted octanol–water partition coefficient (Wildman–Crippen LogP) is 2.38. The van der Waals surface area contributed by atoms with Gasteiger partial charge in [0.15, 0.2) is 0 Å². The topological polar surface area (TPSA) is 139 Å². The normalized spacial score (nSPS) is 10.3. The number of hydrogen-bond donors (Lipinski definition) is 2. The lowest BCUT2D eigenvalue weighted by atomic mass is 10.2. The summed E-state index contributed by atoms with van der Waals surface area (Å²) >= 11 is 0. The molecule has 0 spiro atoms. The number of nitrogens with zero attached hydrogens (tertiary/aromatic N) is 6. The van der Waals surface area contributed by atoms with Crippen LogP contribution < -0.4 is 5.32 Å². The zero-order valence-corrected chi connectivity index (χ0v) is 17.8. The minimum Gasteiger partial charge on any atom is -0.483 e. The van der Waals surface area contributed by atoms with Crippen LogP contribution in [0.2, 0.25) is 0 Å². The number of pyridine rings is 1. The van der Waals surface area contributed by atoms with Crippen LogP contribution in [-0.2, 0) is 17.9 Å². The van der Waals surface area contributed by atoms with Crippen molar-refractivity contribution in [3.05, 3.63) is 48.5 Å². The van der Waals surface area contributed by atoms with E-state index >= 15 is 0 Å². The molecule has 3 rings (SSSR count). The number of urea groups is 1. The third-order valence-corrected chi connectivity index (χ3v) is 4.20. The number of carbonyl (C=O) groups is 2. The van der Waals surface area contributed by atoms with Gasteiger partial charge in [-0.15, -0.1) is 0 Å². The standard InChI is InChI=1S/C19H25N7O2.CH2O2/c1-14(2)18-21-10-12-26(18)11-6-9-22-19(27)25(3)13-16-23-17(24-28-16)15-7-4-5-8-20-15;2-1-3/h4-5,7-8,10,12,14H,6,9,11,13H2,1-3H3,(H,22,27);1H,(H,2,3). The highest BCUT2D eigenvalue weighted by Crippen LogP contribution is 2.13. The summed E-state index contributed by atoms with van der Waals surface area (Å²) in [7, 11) is 1.69. The molecule has 2 amide bonds. The Morgan fingerprint density at radius 1 is 1.32 bits per heavy atom. The van der Waals surface area contributed by atoms with Gasteiger partial charge in [-0.3, -0.25) is 9.78 Å². The van der Waals surface area contributed by atoms with E-state index in [2.05, 4.69) is 43.8 Å². The van der Waals surface area contributed by atoms with E-state index in [-0.39, 0.29) is 19.0 Å². The first-order chi connectivity index (χ1) is 15.0. The van der Waals surface area contributed by atoms with Crippen molar-refractivity contribution in [1.82, 2.24) is 34.9 Å². The SMILES string of the molecule is CC(C)c1nccn1CCCNC(=O)N(C)Cc1nc(-c2ccccn2)no1.O=CO. The number of rotatable bonds is 8. The number of aromatic nitrogens is 5. The molecule has 0 aliphatic rings. The van der Waals surface area contributed by atoms with Crippen LogP contribution in [0.5, 0.6) is 0 Å². The van der Waals surface area contributed by atoms with Gasteiger partial charge in [-0.1, -0.05) is 25.1 Å². The van der Waals surface area contributed by atoms with Crippen molar-refractivity contribution in [1.29, 1.82) is 0 Å². The smallest absolute Gasteiger partial charge is 0.317 e. The zero-order valence-electron chi connectivity index (χ0n) is 17.8. The number of nitrogens with one attached hydrogen (secondary N) is 1. The average Bonchev–Trinajstić information content (AvgIpc) is 3.42. The molecule has 0 saturated heterocycles. The maximum absolute atomic E-state index is 12.3. The van der Waals surface area contributed by atoms with Gasteiger partial charge in [0, 0.05) is 44.6 Å².